The highest BCUT2D eigenvalue weighted by Gasteiger charge is 2.06. The first-order chi connectivity index (χ1) is 8.84. The molecule has 2 aromatic carbocycles. The highest BCUT2D eigenvalue weighted by Crippen LogP contribution is 2.18. The molecule has 0 saturated heterocycles. The Morgan fingerprint density at radius 2 is 1.72 bits per heavy atom. The number of benzene rings is 2. The lowest BCUT2D eigenvalue weighted by molar-refractivity contribution is 0.771. The molecule has 0 fully saturated rings. The minimum Gasteiger partial charge on any atom is -0.379 e. The summed E-state index contributed by atoms with van der Waals surface area (Å²) in [4.78, 5) is 0. The quantitative estimate of drug-likeness (QED) is 0.758. The molecule has 0 unspecified atom stereocenters. The van der Waals surface area contributed by atoms with E-state index in [4.69, 9.17) is 0 Å². The number of hydrogen-bond acceptors (Lipinski definition) is 2. The highest BCUT2D eigenvalue weighted by atomic mass is 15.3. The monoisotopic (exact) mass is 237 g/mol. The molecule has 0 aliphatic carbocycles. The smallest absolute Gasteiger partial charge is 0.0894 e. The number of nitrogens with one attached hydrogen (secondary N) is 1. The van der Waals surface area contributed by atoms with Crippen LogP contribution in [0.4, 0.5) is 5.69 Å². The average molecular weight is 237 g/mol. The lowest BCUT2D eigenvalue weighted by Gasteiger charge is -2.03. The van der Waals surface area contributed by atoms with Crippen LogP contribution < -0.4 is 5.32 Å². The van der Waals surface area contributed by atoms with Crippen LogP contribution in [-0.4, -0.2) is 9.78 Å². The van der Waals surface area contributed by atoms with Crippen LogP contribution >= 0.6 is 0 Å². The van der Waals surface area contributed by atoms with E-state index < -0.39 is 0 Å². The Morgan fingerprint density at radius 3 is 2.56 bits per heavy atom. The summed E-state index contributed by atoms with van der Waals surface area (Å²) >= 11 is 0. The van der Waals surface area contributed by atoms with Crippen molar-refractivity contribution < 1.29 is 0 Å². The van der Waals surface area contributed by atoms with Crippen molar-refractivity contribution in [2.75, 3.05) is 5.32 Å². The van der Waals surface area contributed by atoms with Gasteiger partial charge in [-0.1, -0.05) is 36.4 Å². The molecule has 0 amide bonds. The molecule has 90 valence electrons. The summed E-state index contributed by atoms with van der Waals surface area (Å²) in [6.45, 7) is 0.741. The van der Waals surface area contributed by atoms with Gasteiger partial charge in [-0.2, -0.15) is 5.10 Å². The van der Waals surface area contributed by atoms with E-state index in [9.17, 15) is 0 Å². The minimum absolute atomic E-state index is 0.741. The van der Waals surface area contributed by atoms with Gasteiger partial charge in [-0.05, 0) is 18.2 Å². The van der Waals surface area contributed by atoms with Gasteiger partial charge in [0.2, 0.25) is 0 Å². The van der Waals surface area contributed by atoms with Crippen LogP contribution in [0.1, 0.15) is 5.69 Å². The summed E-state index contributed by atoms with van der Waals surface area (Å²) < 4.78 is 1.93. The highest BCUT2D eigenvalue weighted by molar-refractivity contribution is 5.82. The summed E-state index contributed by atoms with van der Waals surface area (Å²) in [5.74, 6) is 0. The van der Waals surface area contributed by atoms with Crippen LogP contribution in [0.25, 0.3) is 10.9 Å². The molecule has 0 saturated carbocycles. The number of aryl methyl sites for hydroxylation is 1. The van der Waals surface area contributed by atoms with E-state index in [1.165, 1.54) is 10.9 Å². The molecule has 0 aliphatic rings. The normalized spacial score (nSPS) is 10.7. The number of nitrogens with zero attached hydrogens (tertiary/aromatic N) is 2. The van der Waals surface area contributed by atoms with Crippen molar-refractivity contribution in [2.24, 2.45) is 7.05 Å². The third-order valence-electron chi connectivity index (χ3n) is 3.07. The maximum Gasteiger partial charge on any atom is 0.0894 e. The summed E-state index contributed by atoms with van der Waals surface area (Å²) in [6.07, 6.45) is 0. The summed E-state index contributed by atoms with van der Waals surface area (Å²) in [5.41, 5.74) is 3.37. The molecule has 1 aromatic heterocycles. The zero-order valence-electron chi connectivity index (χ0n) is 10.3. The van der Waals surface area contributed by atoms with Gasteiger partial charge in [-0.15, -0.1) is 0 Å². The molecular formula is C15H15N3. The van der Waals surface area contributed by atoms with Crippen LogP contribution in [0, 0.1) is 0 Å². The zero-order valence-corrected chi connectivity index (χ0v) is 10.3. The second-order valence-electron chi connectivity index (χ2n) is 4.31. The van der Waals surface area contributed by atoms with E-state index in [1.54, 1.807) is 0 Å². The van der Waals surface area contributed by atoms with Gasteiger partial charge >= 0.3 is 0 Å². The first kappa shape index (κ1) is 10.8. The predicted molar refractivity (Wildman–Crippen MR) is 74.5 cm³/mol. The Balaban J connectivity index is 1.87. The number of fused-ring (bicyclic) bond motifs is 1. The lowest BCUT2D eigenvalue weighted by Crippen LogP contribution is -2.01. The van der Waals surface area contributed by atoms with Crippen molar-refractivity contribution in [3.05, 3.63) is 60.3 Å². The standard InChI is InChI=1S/C15H15N3/c1-18-15-10-6-5-9-13(15)14(17-18)11-16-12-7-3-2-4-8-12/h2-10,16H,11H2,1H3. The van der Waals surface area contributed by atoms with E-state index in [1.807, 2.05) is 36.0 Å². The Kier molecular flexibility index (Phi) is 2.73. The van der Waals surface area contributed by atoms with Gasteiger partial charge in [0.05, 0.1) is 17.8 Å². The van der Waals surface area contributed by atoms with Gasteiger partial charge in [-0.3, -0.25) is 4.68 Å². The van der Waals surface area contributed by atoms with E-state index in [-0.39, 0.29) is 0 Å². The number of aromatic nitrogens is 2. The second-order valence-corrected chi connectivity index (χ2v) is 4.31. The van der Waals surface area contributed by atoms with Gasteiger partial charge in [0, 0.05) is 18.1 Å². The van der Waals surface area contributed by atoms with Crippen molar-refractivity contribution in [3.8, 4) is 0 Å². The molecule has 0 aliphatic heterocycles. The summed E-state index contributed by atoms with van der Waals surface area (Å²) in [6, 6.07) is 18.5. The largest absolute Gasteiger partial charge is 0.379 e. The van der Waals surface area contributed by atoms with E-state index in [0.29, 0.717) is 0 Å². The SMILES string of the molecule is Cn1nc(CNc2ccccc2)c2ccccc21. The van der Waals surface area contributed by atoms with Gasteiger partial charge in [0.15, 0.2) is 0 Å². The molecule has 18 heavy (non-hydrogen) atoms. The fourth-order valence-electron chi connectivity index (χ4n) is 2.16. The molecule has 1 heterocycles. The van der Waals surface area contributed by atoms with Gasteiger partial charge in [0.25, 0.3) is 0 Å². The topological polar surface area (TPSA) is 29.9 Å². The molecular weight excluding hydrogens is 222 g/mol. The van der Waals surface area contributed by atoms with Crippen LogP contribution in [-0.2, 0) is 13.6 Å². The molecule has 3 heteroatoms. The maximum absolute atomic E-state index is 4.56. The first-order valence-corrected chi connectivity index (χ1v) is 6.04. The van der Waals surface area contributed by atoms with E-state index >= 15 is 0 Å². The zero-order chi connectivity index (χ0) is 12.4. The first-order valence-electron chi connectivity index (χ1n) is 6.04. The Morgan fingerprint density at radius 1 is 1.00 bits per heavy atom. The molecule has 3 rings (SSSR count). The predicted octanol–water partition coefficient (Wildman–Crippen LogP) is 3.19. The number of para-hydroxylation sites is 2. The fraction of sp³-hybridized carbons (Fsp3) is 0.133. The van der Waals surface area contributed by atoms with Crippen LogP contribution in [0.15, 0.2) is 54.6 Å². The number of anilines is 1. The summed E-state index contributed by atoms with van der Waals surface area (Å²) in [5, 5.41) is 9.16. The van der Waals surface area contributed by atoms with Crippen LogP contribution in [0.3, 0.4) is 0 Å². The van der Waals surface area contributed by atoms with Gasteiger partial charge < -0.3 is 5.32 Å². The van der Waals surface area contributed by atoms with Gasteiger partial charge in [-0.25, -0.2) is 0 Å². The Hall–Kier alpha value is -2.29. The number of hydrogen-bond donors (Lipinski definition) is 1. The third-order valence-corrected chi connectivity index (χ3v) is 3.07. The molecule has 3 aromatic rings. The average Bonchev–Trinajstić information content (AvgIpc) is 2.75. The Labute approximate surface area is 106 Å². The Bertz CT molecular complexity index is 656. The fourth-order valence-corrected chi connectivity index (χ4v) is 2.16. The third kappa shape index (κ3) is 1.95. The van der Waals surface area contributed by atoms with Crippen molar-refractivity contribution in [1.82, 2.24) is 9.78 Å². The molecule has 0 spiro atoms. The molecule has 0 bridgehead atoms. The van der Waals surface area contributed by atoms with Crippen molar-refractivity contribution in [2.45, 2.75) is 6.54 Å². The molecule has 1 N–H and O–H groups in total. The maximum atomic E-state index is 4.56. The minimum atomic E-state index is 0.741. The van der Waals surface area contributed by atoms with E-state index in [0.717, 1.165) is 17.9 Å². The lowest BCUT2D eigenvalue weighted by atomic mass is 10.2. The molecule has 0 radical (unpaired) electrons. The van der Waals surface area contributed by atoms with Gasteiger partial charge in [0.1, 0.15) is 0 Å². The number of rotatable bonds is 3. The van der Waals surface area contributed by atoms with E-state index in [2.05, 4.69) is 40.7 Å². The van der Waals surface area contributed by atoms with Crippen LogP contribution in [0.2, 0.25) is 0 Å². The summed E-state index contributed by atoms with van der Waals surface area (Å²) in [7, 11) is 1.98. The van der Waals surface area contributed by atoms with Crippen molar-refractivity contribution >= 4 is 16.6 Å². The second kappa shape index (κ2) is 4.53. The van der Waals surface area contributed by atoms with Crippen molar-refractivity contribution in [1.29, 1.82) is 0 Å². The molecule has 3 nitrogen and oxygen atoms in total. The van der Waals surface area contributed by atoms with Crippen molar-refractivity contribution in [3.63, 3.8) is 0 Å². The molecule has 0 atom stereocenters. The van der Waals surface area contributed by atoms with Crippen LogP contribution in [0.5, 0.6) is 0 Å².